The van der Waals surface area contributed by atoms with Gasteiger partial charge in [0.15, 0.2) is 9.84 Å². The Balaban J connectivity index is 3.20. The Hall–Kier alpha value is -1.01. The monoisotopic (exact) mass is 221 g/mol. The van der Waals surface area contributed by atoms with Crippen LogP contribution in [0, 0.1) is 11.6 Å². The first-order chi connectivity index (χ1) is 6.47. The summed E-state index contributed by atoms with van der Waals surface area (Å²) in [6.45, 7) is -0.0981. The van der Waals surface area contributed by atoms with E-state index in [2.05, 4.69) is 0 Å². The molecular weight excluding hydrogens is 212 g/mol. The van der Waals surface area contributed by atoms with Crippen LogP contribution in [0.25, 0.3) is 0 Å². The quantitative estimate of drug-likeness (QED) is 0.764. The largest absolute Gasteiger partial charge is 0.329 e. The van der Waals surface area contributed by atoms with Crippen LogP contribution in [0.4, 0.5) is 8.78 Å². The van der Waals surface area contributed by atoms with Crippen LogP contribution in [-0.2, 0) is 9.84 Å². The first kappa shape index (κ1) is 11.1. The molecular formula is C8H9F2NO2S. The molecule has 1 aromatic carbocycles. The van der Waals surface area contributed by atoms with Gasteiger partial charge in [-0.05, 0) is 12.1 Å². The summed E-state index contributed by atoms with van der Waals surface area (Å²) in [5, 5.41) is 0. The average molecular weight is 221 g/mol. The van der Waals surface area contributed by atoms with Crippen molar-refractivity contribution in [3.8, 4) is 0 Å². The third-order valence-electron chi connectivity index (χ3n) is 1.62. The predicted octanol–water partition coefficient (Wildman–Crippen LogP) is 0.697. The van der Waals surface area contributed by atoms with Gasteiger partial charge in [0.2, 0.25) is 0 Å². The molecule has 0 aromatic heterocycles. The minimum atomic E-state index is -3.72. The van der Waals surface area contributed by atoms with Crippen molar-refractivity contribution in [1.29, 1.82) is 0 Å². The Morgan fingerprint density at radius 2 is 1.93 bits per heavy atom. The van der Waals surface area contributed by atoms with E-state index >= 15 is 0 Å². The van der Waals surface area contributed by atoms with Crippen LogP contribution in [0.15, 0.2) is 23.1 Å². The minimum absolute atomic E-state index is 0.0981. The smallest absolute Gasteiger partial charge is 0.182 e. The lowest BCUT2D eigenvalue weighted by atomic mass is 10.3. The van der Waals surface area contributed by atoms with E-state index < -0.39 is 26.4 Å². The molecule has 0 spiro atoms. The summed E-state index contributed by atoms with van der Waals surface area (Å²) in [6.07, 6.45) is 0. The van der Waals surface area contributed by atoms with E-state index in [0.29, 0.717) is 6.07 Å². The normalized spacial score (nSPS) is 11.6. The van der Waals surface area contributed by atoms with E-state index in [4.69, 9.17) is 5.73 Å². The van der Waals surface area contributed by atoms with Crippen LogP contribution < -0.4 is 5.73 Å². The topological polar surface area (TPSA) is 60.2 Å². The standard InChI is InChI=1S/C8H9F2NO2S/c9-6-1-2-8(7(10)5-6)14(12,13)4-3-11/h1-2,5H,3-4,11H2. The lowest BCUT2D eigenvalue weighted by Gasteiger charge is -2.03. The lowest BCUT2D eigenvalue weighted by molar-refractivity contribution is 0.549. The van der Waals surface area contributed by atoms with Crippen LogP contribution >= 0.6 is 0 Å². The van der Waals surface area contributed by atoms with Crippen molar-refractivity contribution in [2.75, 3.05) is 12.3 Å². The Labute approximate surface area is 80.5 Å². The minimum Gasteiger partial charge on any atom is -0.329 e. The Morgan fingerprint density at radius 1 is 1.29 bits per heavy atom. The van der Waals surface area contributed by atoms with Gasteiger partial charge >= 0.3 is 0 Å². The molecule has 0 amide bonds. The van der Waals surface area contributed by atoms with Gasteiger partial charge in [-0.2, -0.15) is 0 Å². The van der Waals surface area contributed by atoms with Gasteiger partial charge in [0.1, 0.15) is 16.5 Å². The summed E-state index contributed by atoms with van der Waals surface area (Å²) in [6, 6.07) is 2.32. The van der Waals surface area contributed by atoms with Crippen LogP contribution in [0.5, 0.6) is 0 Å². The number of halogens is 2. The van der Waals surface area contributed by atoms with E-state index in [-0.39, 0.29) is 12.3 Å². The number of benzene rings is 1. The Bertz CT molecular complexity index is 431. The Morgan fingerprint density at radius 3 is 2.43 bits per heavy atom. The molecule has 0 saturated carbocycles. The molecule has 0 saturated heterocycles. The molecule has 0 heterocycles. The molecule has 3 nitrogen and oxygen atoms in total. The molecule has 0 radical (unpaired) electrons. The number of sulfone groups is 1. The molecule has 2 N–H and O–H groups in total. The molecule has 0 bridgehead atoms. The highest BCUT2D eigenvalue weighted by Crippen LogP contribution is 2.16. The third-order valence-corrected chi connectivity index (χ3v) is 3.39. The molecule has 0 fully saturated rings. The van der Waals surface area contributed by atoms with E-state index in [1.54, 1.807) is 0 Å². The van der Waals surface area contributed by atoms with Crippen molar-refractivity contribution in [3.63, 3.8) is 0 Å². The summed E-state index contributed by atoms with van der Waals surface area (Å²) in [5.74, 6) is -2.25. The van der Waals surface area contributed by atoms with Gasteiger partial charge in [-0.25, -0.2) is 17.2 Å². The lowest BCUT2D eigenvalue weighted by Crippen LogP contribution is -2.16. The molecule has 14 heavy (non-hydrogen) atoms. The number of nitrogens with two attached hydrogens (primary N) is 1. The maximum absolute atomic E-state index is 13.0. The SMILES string of the molecule is NCCS(=O)(=O)c1ccc(F)cc1F. The molecule has 1 rings (SSSR count). The fourth-order valence-electron chi connectivity index (χ4n) is 0.993. The number of hydrogen-bond donors (Lipinski definition) is 1. The summed E-state index contributed by atoms with van der Waals surface area (Å²) in [7, 11) is -3.72. The molecule has 1 aromatic rings. The zero-order valence-electron chi connectivity index (χ0n) is 7.20. The zero-order chi connectivity index (χ0) is 10.8. The first-order valence-electron chi connectivity index (χ1n) is 3.85. The van der Waals surface area contributed by atoms with Crippen molar-refractivity contribution in [3.05, 3.63) is 29.8 Å². The third kappa shape index (κ3) is 2.27. The molecule has 0 aliphatic rings. The van der Waals surface area contributed by atoms with Gasteiger partial charge < -0.3 is 5.73 Å². The number of rotatable bonds is 3. The average Bonchev–Trinajstić information content (AvgIpc) is 2.02. The van der Waals surface area contributed by atoms with Crippen molar-refractivity contribution in [2.24, 2.45) is 5.73 Å². The second kappa shape index (κ2) is 4.02. The molecule has 78 valence electrons. The van der Waals surface area contributed by atoms with Crippen molar-refractivity contribution in [2.45, 2.75) is 4.90 Å². The second-order valence-electron chi connectivity index (χ2n) is 2.68. The van der Waals surface area contributed by atoms with Crippen LogP contribution in [0.1, 0.15) is 0 Å². The zero-order valence-corrected chi connectivity index (χ0v) is 8.02. The van der Waals surface area contributed by atoms with E-state index in [9.17, 15) is 17.2 Å². The van der Waals surface area contributed by atoms with Crippen LogP contribution in [0.3, 0.4) is 0 Å². The van der Waals surface area contributed by atoms with Gasteiger partial charge in [0.05, 0.1) is 5.75 Å². The molecule has 0 aliphatic carbocycles. The molecule has 0 unspecified atom stereocenters. The van der Waals surface area contributed by atoms with Gasteiger partial charge in [-0.15, -0.1) is 0 Å². The molecule has 0 aliphatic heterocycles. The van der Waals surface area contributed by atoms with Crippen molar-refractivity contribution < 1.29 is 17.2 Å². The first-order valence-corrected chi connectivity index (χ1v) is 5.50. The van der Waals surface area contributed by atoms with Crippen LogP contribution in [0.2, 0.25) is 0 Å². The van der Waals surface area contributed by atoms with Gasteiger partial charge in [0, 0.05) is 12.6 Å². The second-order valence-corrected chi connectivity index (χ2v) is 4.76. The molecule has 6 heteroatoms. The van der Waals surface area contributed by atoms with Crippen molar-refractivity contribution in [1.82, 2.24) is 0 Å². The Kier molecular flexibility index (Phi) is 3.17. The summed E-state index contributed by atoms with van der Waals surface area (Å²) in [4.78, 5) is -0.510. The van der Waals surface area contributed by atoms with E-state index in [1.165, 1.54) is 0 Å². The van der Waals surface area contributed by atoms with Gasteiger partial charge in [-0.1, -0.05) is 0 Å². The van der Waals surface area contributed by atoms with Crippen molar-refractivity contribution >= 4 is 9.84 Å². The summed E-state index contributed by atoms with van der Waals surface area (Å²) >= 11 is 0. The fraction of sp³-hybridized carbons (Fsp3) is 0.250. The summed E-state index contributed by atoms with van der Waals surface area (Å²) < 4.78 is 48.1. The molecule has 0 atom stereocenters. The highest BCUT2D eigenvalue weighted by atomic mass is 32.2. The fourth-order valence-corrected chi connectivity index (χ4v) is 2.15. The van der Waals surface area contributed by atoms with E-state index in [1.807, 2.05) is 0 Å². The maximum Gasteiger partial charge on any atom is 0.182 e. The number of hydrogen-bond acceptors (Lipinski definition) is 3. The highest BCUT2D eigenvalue weighted by molar-refractivity contribution is 7.91. The maximum atomic E-state index is 13.0. The van der Waals surface area contributed by atoms with Gasteiger partial charge in [0.25, 0.3) is 0 Å². The van der Waals surface area contributed by atoms with Gasteiger partial charge in [-0.3, -0.25) is 0 Å². The predicted molar refractivity (Wildman–Crippen MR) is 47.5 cm³/mol. The van der Waals surface area contributed by atoms with Crippen LogP contribution in [-0.4, -0.2) is 20.7 Å². The highest BCUT2D eigenvalue weighted by Gasteiger charge is 2.18. The van der Waals surface area contributed by atoms with E-state index in [0.717, 1.165) is 12.1 Å². The summed E-state index contributed by atoms with van der Waals surface area (Å²) in [5.41, 5.74) is 5.06.